The first-order valence-electron chi connectivity index (χ1n) is 13.6. The SMILES string of the molecule is COc1ccc(C2/C(=C(\O)c3ccc(OCc4ccccc4)c(C)c3)C(=O)C(=O)N2c2nc3ccccc3[nH]2)cc1OC. The molecule has 1 amide bonds. The highest BCUT2D eigenvalue weighted by atomic mass is 16.5. The number of benzene rings is 4. The molecule has 1 atom stereocenters. The van der Waals surface area contributed by atoms with Crippen LogP contribution in [0.25, 0.3) is 16.8 Å². The molecule has 2 heterocycles. The monoisotopic (exact) mass is 575 g/mol. The number of anilines is 1. The lowest BCUT2D eigenvalue weighted by atomic mass is 9.94. The van der Waals surface area contributed by atoms with E-state index in [0.717, 1.165) is 11.1 Å². The van der Waals surface area contributed by atoms with Crippen molar-refractivity contribution >= 4 is 34.4 Å². The number of hydrogen-bond donors (Lipinski definition) is 2. The zero-order valence-corrected chi connectivity index (χ0v) is 23.8. The summed E-state index contributed by atoms with van der Waals surface area (Å²) in [4.78, 5) is 36.3. The van der Waals surface area contributed by atoms with E-state index in [0.29, 0.717) is 46.0 Å². The number of amides is 1. The number of nitrogens with zero attached hydrogens (tertiary/aromatic N) is 2. The molecule has 1 unspecified atom stereocenters. The lowest BCUT2D eigenvalue weighted by molar-refractivity contribution is -0.132. The minimum Gasteiger partial charge on any atom is -0.507 e. The van der Waals surface area contributed by atoms with Gasteiger partial charge in [-0.15, -0.1) is 0 Å². The minimum absolute atomic E-state index is 0.0740. The number of imidazole rings is 1. The Labute approximate surface area is 248 Å². The summed E-state index contributed by atoms with van der Waals surface area (Å²) < 4.78 is 16.9. The molecule has 4 aromatic carbocycles. The van der Waals surface area contributed by atoms with Crippen LogP contribution in [0.15, 0.2) is 96.6 Å². The van der Waals surface area contributed by atoms with Crippen molar-refractivity contribution in [2.45, 2.75) is 19.6 Å². The Hall–Kier alpha value is -5.57. The number of rotatable bonds is 8. The average Bonchev–Trinajstić information content (AvgIpc) is 3.58. The largest absolute Gasteiger partial charge is 0.507 e. The summed E-state index contributed by atoms with van der Waals surface area (Å²) in [6, 6.07) is 26.4. The van der Waals surface area contributed by atoms with Crippen molar-refractivity contribution in [2.24, 2.45) is 0 Å². The number of aliphatic hydroxyl groups excluding tert-OH is 1. The van der Waals surface area contributed by atoms with E-state index in [9.17, 15) is 14.7 Å². The zero-order valence-electron chi connectivity index (χ0n) is 23.8. The molecule has 2 N–H and O–H groups in total. The summed E-state index contributed by atoms with van der Waals surface area (Å²) >= 11 is 0. The molecule has 0 aliphatic carbocycles. The molecule has 43 heavy (non-hydrogen) atoms. The maximum absolute atomic E-state index is 13.7. The Bertz CT molecular complexity index is 1850. The van der Waals surface area contributed by atoms with E-state index in [1.165, 1.54) is 19.1 Å². The molecule has 9 heteroatoms. The molecule has 1 aliphatic rings. The third-order valence-corrected chi connectivity index (χ3v) is 7.46. The number of aryl methyl sites for hydroxylation is 1. The zero-order chi connectivity index (χ0) is 30.1. The number of aromatic amines is 1. The van der Waals surface area contributed by atoms with Gasteiger partial charge in [0.05, 0.1) is 36.9 Å². The summed E-state index contributed by atoms with van der Waals surface area (Å²) in [6.45, 7) is 2.24. The van der Waals surface area contributed by atoms with Crippen LogP contribution in [0, 0.1) is 6.92 Å². The second kappa shape index (κ2) is 11.4. The Kier molecular flexibility index (Phi) is 7.29. The Morgan fingerprint density at radius 1 is 0.884 bits per heavy atom. The van der Waals surface area contributed by atoms with Crippen molar-refractivity contribution in [3.05, 3.63) is 119 Å². The van der Waals surface area contributed by atoms with Gasteiger partial charge < -0.3 is 24.3 Å². The third kappa shape index (κ3) is 5.05. The van der Waals surface area contributed by atoms with Crippen molar-refractivity contribution in [2.75, 3.05) is 19.1 Å². The fourth-order valence-electron chi connectivity index (χ4n) is 5.29. The number of para-hydroxylation sites is 2. The number of Topliss-reactive ketones (excluding diaryl/α,β-unsaturated/α-hetero) is 1. The van der Waals surface area contributed by atoms with E-state index < -0.39 is 17.7 Å². The molecule has 1 fully saturated rings. The van der Waals surface area contributed by atoms with Crippen LogP contribution in [-0.4, -0.2) is 41.0 Å². The van der Waals surface area contributed by atoms with Crippen molar-refractivity contribution in [1.29, 1.82) is 0 Å². The number of nitrogens with one attached hydrogen (secondary N) is 1. The molecule has 6 rings (SSSR count). The van der Waals surface area contributed by atoms with Gasteiger partial charge in [0.25, 0.3) is 5.78 Å². The molecular weight excluding hydrogens is 546 g/mol. The smallest absolute Gasteiger partial charge is 0.302 e. The van der Waals surface area contributed by atoms with E-state index in [1.807, 2.05) is 61.5 Å². The summed E-state index contributed by atoms with van der Waals surface area (Å²) in [5, 5.41) is 11.6. The van der Waals surface area contributed by atoms with Gasteiger partial charge in [-0.25, -0.2) is 4.98 Å². The lowest BCUT2D eigenvalue weighted by Crippen LogP contribution is -2.30. The summed E-state index contributed by atoms with van der Waals surface area (Å²) in [7, 11) is 3.02. The van der Waals surface area contributed by atoms with Gasteiger partial charge in [0.2, 0.25) is 5.95 Å². The predicted octanol–water partition coefficient (Wildman–Crippen LogP) is 6.09. The number of carbonyl (C=O) groups is 2. The first-order valence-corrected chi connectivity index (χ1v) is 13.6. The van der Waals surface area contributed by atoms with E-state index in [4.69, 9.17) is 14.2 Å². The molecule has 0 saturated carbocycles. The quantitative estimate of drug-likeness (QED) is 0.131. The number of ether oxygens (including phenoxy) is 3. The molecular formula is C34H29N3O6. The highest BCUT2D eigenvalue weighted by Crippen LogP contribution is 2.44. The lowest BCUT2D eigenvalue weighted by Gasteiger charge is -2.24. The molecule has 1 saturated heterocycles. The molecule has 1 aromatic heterocycles. The molecule has 0 bridgehead atoms. The van der Waals surface area contributed by atoms with Crippen LogP contribution in [0.3, 0.4) is 0 Å². The van der Waals surface area contributed by atoms with Crippen molar-refractivity contribution in [3.63, 3.8) is 0 Å². The van der Waals surface area contributed by atoms with Gasteiger partial charge in [-0.2, -0.15) is 0 Å². The van der Waals surface area contributed by atoms with Crippen molar-refractivity contribution in [3.8, 4) is 17.2 Å². The van der Waals surface area contributed by atoms with Crippen molar-refractivity contribution in [1.82, 2.24) is 9.97 Å². The number of carbonyl (C=O) groups excluding carboxylic acids is 2. The van der Waals surface area contributed by atoms with Gasteiger partial charge in [0.1, 0.15) is 18.1 Å². The Balaban J connectivity index is 1.45. The van der Waals surface area contributed by atoms with Gasteiger partial charge >= 0.3 is 5.91 Å². The fraction of sp³-hybridized carbons (Fsp3) is 0.147. The number of ketones is 1. The number of aromatic nitrogens is 2. The Morgan fingerprint density at radius 2 is 1.60 bits per heavy atom. The molecule has 0 spiro atoms. The number of methoxy groups -OCH3 is 2. The fourth-order valence-corrected chi connectivity index (χ4v) is 5.29. The Morgan fingerprint density at radius 3 is 2.33 bits per heavy atom. The van der Waals surface area contributed by atoms with Crippen molar-refractivity contribution < 1.29 is 28.9 Å². The first-order chi connectivity index (χ1) is 20.9. The van der Waals surface area contributed by atoms with Crippen LogP contribution in [-0.2, 0) is 16.2 Å². The number of hydrogen-bond acceptors (Lipinski definition) is 7. The van der Waals surface area contributed by atoms with Crippen LogP contribution in [0.1, 0.15) is 28.3 Å². The highest BCUT2D eigenvalue weighted by Gasteiger charge is 2.48. The predicted molar refractivity (Wildman–Crippen MR) is 162 cm³/mol. The summed E-state index contributed by atoms with van der Waals surface area (Å²) in [6.07, 6.45) is 0. The summed E-state index contributed by atoms with van der Waals surface area (Å²) in [5.74, 6) is -0.253. The number of fused-ring (bicyclic) bond motifs is 1. The van der Waals surface area contributed by atoms with Gasteiger partial charge in [0.15, 0.2) is 11.5 Å². The average molecular weight is 576 g/mol. The molecule has 0 radical (unpaired) electrons. The van der Waals surface area contributed by atoms with Gasteiger partial charge in [-0.05, 0) is 66.1 Å². The number of aliphatic hydroxyl groups is 1. The highest BCUT2D eigenvalue weighted by molar-refractivity contribution is 6.51. The van der Waals surface area contributed by atoms with Crippen LogP contribution in [0.4, 0.5) is 5.95 Å². The van der Waals surface area contributed by atoms with Crippen LogP contribution in [0.5, 0.6) is 17.2 Å². The normalized spacial score (nSPS) is 16.1. The number of H-pyrrole nitrogens is 1. The standard InChI is InChI=1S/C34H29N3O6/c1-20-17-23(14-15-26(20)43-19-21-9-5-4-6-10-21)31(38)29-30(22-13-16-27(41-2)28(18-22)42-3)37(33(40)32(29)39)34-35-24-11-7-8-12-25(24)36-34/h4-18,30,38H,19H2,1-3H3,(H,35,36)/b31-29+. The first kappa shape index (κ1) is 27.6. The van der Waals surface area contributed by atoms with E-state index in [-0.39, 0.29) is 17.3 Å². The second-order valence-corrected chi connectivity index (χ2v) is 10.1. The maximum atomic E-state index is 13.7. The molecule has 9 nitrogen and oxygen atoms in total. The van der Waals surface area contributed by atoms with Gasteiger partial charge in [-0.3, -0.25) is 14.5 Å². The van der Waals surface area contributed by atoms with Crippen LogP contribution < -0.4 is 19.1 Å². The molecule has 216 valence electrons. The molecule has 1 aliphatic heterocycles. The van der Waals surface area contributed by atoms with Crippen LogP contribution >= 0.6 is 0 Å². The van der Waals surface area contributed by atoms with Crippen LogP contribution in [0.2, 0.25) is 0 Å². The topological polar surface area (TPSA) is 114 Å². The minimum atomic E-state index is -1.00. The van der Waals surface area contributed by atoms with Gasteiger partial charge in [-0.1, -0.05) is 48.5 Å². The third-order valence-electron chi connectivity index (χ3n) is 7.46. The van der Waals surface area contributed by atoms with E-state index >= 15 is 0 Å². The molecule has 5 aromatic rings. The van der Waals surface area contributed by atoms with Gasteiger partial charge in [0, 0.05) is 5.56 Å². The van der Waals surface area contributed by atoms with E-state index in [2.05, 4.69) is 9.97 Å². The summed E-state index contributed by atoms with van der Waals surface area (Å²) in [5.41, 5.74) is 3.94. The maximum Gasteiger partial charge on any atom is 0.302 e. The van der Waals surface area contributed by atoms with E-state index in [1.54, 1.807) is 36.4 Å². The second-order valence-electron chi connectivity index (χ2n) is 10.1.